The number of hydrogen-bond acceptors (Lipinski definition) is 1. The number of carbonyl (C=O) groups excluding carboxylic acids is 1. The van der Waals surface area contributed by atoms with Crippen LogP contribution in [0.5, 0.6) is 0 Å². The number of amides is 1. The first-order chi connectivity index (χ1) is 12.7. The highest BCUT2D eigenvalue weighted by atomic mass is 16.2. The van der Waals surface area contributed by atoms with Crippen molar-refractivity contribution in [3.63, 3.8) is 0 Å². The van der Waals surface area contributed by atoms with Crippen LogP contribution in [0.2, 0.25) is 0 Å². The molecule has 2 rings (SSSR count). The van der Waals surface area contributed by atoms with E-state index in [9.17, 15) is 4.79 Å². The fourth-order valence-corrected chi connectivity index (χ4v) is 3.30. The van der Waals surface area contributed by atoms with Crippen molar-refractivity contribution in [2.75, 3.05) is 4.90 Å². The lowest BCUT2D eigenvalue weighted by atomic mass is 9.89. The Hall–Kier alpha value is -2.53. The van der Waals surface area contributed by atoms with Crippen LogP contribution in [0.15, 0.2) is 60.7 Å². The summed E-state index contributed by atoms with van der Waals surface area (Å²) in [7, 11) is 0. The number of benzene rings is 2. The molecule has 0 aliphatic heterocycles. The number of nitrogens with zero attached hydrogens (tertiary/aromatic N) is 1. The molecule has 0 radical (unpaired) electrons. The normalized spacial score (nSPS) is 12.6. The number of rotatable bonds is 8. The molecular weight excluding hydrogens is 318 g/mol. The molecule has 0 aliphatic rings. The lowest BCUT2D eigenvalue weighted by Crippen LogP contribution is -2.38. The summed E-state index contributed by atoms with van der Waals surface area (Å²) in [5.74, 6) is 6.68. The highest BCUT2D eigenvalue weighted by Crippen LogP contribution is 2.35. The summed E-state index contributed by atoms with van der Waals surface area (Å²) in [6.07, 6.45) is 3.37. The summed E-state index contributed by atoms with van der Waals surface area (Å²) < 4.78 is 0. The molecule has 0 saturated carbocycles. The summed E-state index contributed by atoms with van der Waals surface area (Å²) in [5, 5.41) is 0. The molecule has 0 aromatic heterocycles. The maximum Gasteiger partial charge on any atom is 0.227 e. The molecule has 0 aliphatic carbocycles. The Bertz CT molecular complexity index is 727. The van der Waals surface area contributed by atoms with Crippen molar-refractivity contribution < 1.29 is 4.79 Å². The summed E-state index contributed by atoms with van der Waals surface area (Å²) >= 11 is 0. The Labute approximate surface area is 158 Å². The largest absolute Gasteiger partial charge is 0.304 e. The summed E-state index contributed by atoms with van der Waals surface area (Å²) in [5.41, 5.74) is 2.08. The molecule has 136 valence electrons. The molecule has 0 spiro atoms. The van der Waals surface area contributed by atoms with E-state index >= 15 is 0 Å². The van der Waals surface area contributed by atoms with E-state index < -0.39 is 0 Å². The standard InChI is InChI=1S/C24H29NO/c1-4-7-19-23(26)25(22-17-12-9-13-18-22)24(20(6-3)14-5-2)21-15-10-8-11-16-21/h8-13,15-18,20,24H,4,6-7,19H2,1-3H3/t20-,24-/m0/s1. The number of para-hydroxylation sites is 1. The van der Waals surface area contributed by atoms with Crippen molar-refractivity contribution in [2.45, 2.75) is 52.5 Å². The van der Waals surface area contributed by atoms with Crippen molar-refractivity contribution >= 4 is 11.6 Å². The number of anilines is 1. The topological polar surface area (TPSA) is 20.3 Å². The lowest BCUT2D eigenvalue weighted by Gasteiger charge is -2.35. The van der Waals surface area contributed by atoms with Gasteiger partial charge in [0.1, 0.15) is 0 Å². The van der Waals surface area contributed by atoms with Gasteiger partial charge in [-0.2, -0.15) is 0 Å². The van der Waals surface area contributed by atoms with E-state index in [2.05, 4.69) is 37.8 Å². The Morgan fingerprint density at radius 2 is 1.62 bits per heavy atom. The maximum absolute atomic E-state index is 13.2. The SMILES string of the molecule is CC#C[C@H](CC)[C@@H](c1ccccc1)N(C(=O)CCCC)c1ccccc1. The first kappa shape index (κ1) is 19.8. The van der Waals surface area contributed by atoms with Gasteiger partial charge in [0.25, 0.3) is 0 Å². The quantitative estimate of drug-likeness (QED) is 0.536. The van der Waals surface area contributed by atoms with Gasteiger partial charge in [-0.15, -0.1) is 5.92 Å². The third-order valence-electron chi connectivity index (χ3n) is 4.62. The second-order valence-corrected chi connectivity index (χ2v) is 6.47. The van der Waals surface area contributed by atoms with Crippen molar-refractivity contribution in [1.29, 1.82) is 0 Å². The molecule has 2 atom stereocenters. The second-order valence-electron chi connectivity index (χ2n) is 6.47. The van der Waals surface area contributed by atoms with Crippen LogP contribution in [0.3, 0.4) is 0 Å². The monoisotopic (exact) mass is 347 g/mol. The number of hydrogen-bond donors (Lipinski definition) is 0. The zero-order chi connectivity index (χ0) is 18.8. The van der Waals surface area contributed by atoms with Gasteiger partial charge in [-0.05, 0) is 37.5 Å². The molecule has 2 heteroatoms. The molecule has 0 heterocycles. The minimum Gasteiger partial charge on any atom is -0.304 e. The van der Waals surface area contributed by atoms with Crippen LogP contribution in [0.1, 0.15) is 58.1 Å². The van der Waals surface area contributed by atoms with E-state index in [-0.39, 0.29) is 17.9 Å². The molecule has 2 nitrogen and oxygen atoms in total. The van der Waals surface area contributed by atoms with E-state index in [1.807, 2.05) is 60.4 Å². The van der Waals surface area contributed by atoms with Gasteiger partial charge in [-0.25, -0.2) is 0 Å². The van der Waals surface area contributed by atoms with Gasteiger partial charge in [-0.3, -0.25) is 4.79 Å². The van der Waals surface area contributed by atoms with Crippen LogP contribution < -0.4 is 4.90 Å². The zero-order valence-electron chi connectivity index (χ0n) is 16.1. The fraction of sp³-hybridized carbons (Fsp3) is 0.375. The predicted octanol–water partition coefficient (Wildman–Crippen LogP) is 6.00. The Morgan fingerprint density at radius 3 is 2.15 bits per heavy atom. The molecule has 0 fully saturated rings. The van der Waals surface area contributed by atoms with Crippen LogP contribution >= 0.6 is 0 Å². The predicted molar refractivity (Wildman–Crippen MR) is 110 cm³/mol. The molecule has 26 heavy (non-hydrogen) atoms. The molecule has 0 saturated heterocycles. The van der Waals surface area contributed by atoms with Crippen LogP contribution in [0.25, 0.3) is 0 Å². The fourth-order valence-electron chi connectivity index (χ4n) is 3.30. The molecular formula is C24H29NO. The van der Waals surface area contributed by atoms with Crippen LogP contribution in [-0.2, 0) is 4.79 Å². The molecule has 0 unspecified atom stereocenters. The van der Waals surface area contributed by atoms with E-state index in [0.717, 1.165) is 30.5 Å². The lowest BCUT2D eigenvalue weighted by molar-refractivity contribution is -0.119. The Kier molecular flexibility index (Phi) is 7.96. The molecule has 1 amide bonds. The number of unbranched alkanes of at least 4 members (excludes halogenated alkanes) is 1. The second kappa shape index (κ2) is 10.5. The zero-order valence-corrected chi connectivity index (χ0v) is 16.1. The first-order valence-electron chi connectivity index (χ1n) is 9.57. The van der Waals surface area contributed by atoms with Gasteiger partial charge in [-0.1, -0.05) is 74.7 Å². The summed E-state index contributed by atoms with van der Waals surface area (Å²) in [6.45, 7) is 6.13. The summed E-state index contributed by atoms with van der Waals surface area (Å²) in [6, 6.07) is 20.2. The molecule has 0 bridgehead atoms. The van der Waals surface area contributed by atoms with Gasteiger partial charge in [0, 0.05) is 18.0 Å². The molecule has 0 N–H and O–H groups in total. The van der Waals surface area contributed by atoms with Gasteiger partial charge < -0.3 is 4.90 Å². The van der Waals surface area contributed by atoms with Crippen LogP contribution in [-0.4, -0.2) is 5.91 Å². The minimum atomic E-state index is -0.0830. The van der Waals surface area contributed by atoms with Crippen molar-refractivity contribution in [3.8, 4) is 11.8 Å². The van der Waals surface area contributed by atoms with Crippen LogP contribution in [0, 0.1) is 17.8 Å². The Balaban J connectivity index is 2.56. The molecule has 2 aromatic rings. The minimum absolute atomic E-state index is 0.0830. The van der Waals surface area contributed by atoms with Gasteiger partial charge in [0.15, 0.2) is 0 Å². The van der Waals surface area contributed by atoms with Crippen molar-refractivity contribution in [3.05, 3.63) is 66.2 Å². The summed E-state index contributed by atoms with van der Waals surface area (Å²) in [4.78, 5) is 15.2. The van der Waals surface area contributed by atoms with Gasteiger partial charge in [0.05, 0.1) is 6.04 Å². The maximum atomic E-state index is 13.2. The van der Waals surface area contributed by atoms with E-state index in [1.54, 1.807) is 0 Å². The highest BCUT2D eigenvalue weighted by Gasteiger charge is 2.31. The van der Waals surface area contributed by atoms with E-state index in [4.69, 9.17) is 0 Å². The van der Waals surface area contributed by atoms with E-state index in [0.29, 0.717) is 6.42 Å². The van der Waals surface area contributed by atoms with Gasteiger partial charge in [0.2, 0.25) is 5.91 Å². The Morgan fingerprint density at radius 1 is 1.00 bits per heavy atom. The van der Waals surface area contributed by atoms with Crippen LogP contribution in [0.4, 0.5) is 5.69 Å². The number of carbonyl (C=O) groups is 1. The first-order valence-corrected chi connectivity index (χ1v) is 9.57. The van der Waals surface area contributed by atoms with Crippen molar-refractivity contribution in [2.24, 2.45) is 5.92 Å². The average molecular weight is 348 g/mol. The van der Waals surface area contributed by atoms with Crippen molar-refractivity contribution in [1.82, 2.24) is 0 Å². The smallest absolute Gasteiger partial charge is 0.227 e. The van der Waals surface area contributed by atoms with Gasteiger partial charge >= 0.3 is 0 Å². The van der Waals surface area contributed by atoms with E-state index in [1.165, 1.54) is 0 Å². The third-order valence-corrected chi connectivity index (χ3v) is 4.62. The third kappa shape index (κ3) is 4.99. The molecule has 2 aromatic carbocycles. The average Bonchev–Trinajstić information content (AvgIpc) is 2.70. The highest BCUT2D eigenvalue weighted by molar-refractivity contribution is 5.94.